The van der Waals surface area contributed by atoms with Gasteiger partial charge in [-0.1, -0.05) is 42.5 Å². The number of imidazole rings is 1. The number of hydrogen-bond donors (Lipinski definition) is 1. The van der Waals surface area contributed by atoms with Crippen molar-refractivity contribution in [2.75, 3.05) is 13.1 Å². The first-order valence-electron chi connectivity index (χ1n) is 8.55. The van der Waals surface area contributed by atoms with E-state index in [1.54, 1.807) is 12.5 Å². The molecule has 1 aromatic heterocycles. The van der Waals surface area contributed by atoms with E-state index in [9.17, 15) is 4.79 Å². The summed E-state index contributed by atoms with van der Waals surface area (Å²) in [5.41, 5.74) is 1.16. The highest BCUT2D eigenvalue weighted by Crippen LogP contribution is 2.26. The second-order valence-corrected chi connectivity index (χ2v) is 6.08. The number of benzene rings is 1. The van der Waals surface area contributed by atoms with Crippen LogP contribution in [0, 0.1) is 0 Å². The van der Waals surface area contributed by atoms with E-state index in [-0.39, 0.29) is 6.03 Å². The summed E-state index contributed by atoms with van der Waals surface area (Å²) in [5.74, 6) is 0. The molecule has 2 amide bonds. The van der Waals surface area contributed by atoms with E-state index in [1.165, 1.54) is 0 Å². The Morgan fingerprint density at radius 1 is 1.33 bits per heavy atom. The molecule has 1 aliphatic carbocycles. The summed E-state index contributed by atoms with van der Waals surface area (Å²) in [6.45, 7) is 2.22. The Balaban J connectivity index is 1.42. The maximum atomic E-state index is 12.4. The number of amides is 2. The lowest BCUT2D eigenvalue weighted by Gasteiger charge is -2.21. The number of nitrogens with one attached hydrogen (secondary N) is 1. The SMILES string of the molecule is O=C(NCCCn1ccnc1)N(CC=Cc1ccccc1)C1CC1. The van der Waals surface area contributed by atoms with E-state index in [0.717, 1.165) is 31.4 Å². The average Bonchev–Trinajstić information content (AvgIpc) is 3.31. The van der Waals surface area contributed by atoms with Gasteiger partial charge in [-0.2, -0.15) is 0 Å². The van der Waals surface area contributed by atoms with Gasteiger partial charge in [0.05, 0.1) is 6.33 Å². The predicted molar refractivity (Wildman–Crippen MR) is 95.4 cm³/mol. The summed E-state index contributed by atoms with van der Waals surface area (Å²) in [6.07, 6.45) is 12.8. The molecule has 1 N–H and O–H groups in total. The zero-order valence-corrected chi connectivity index (χ0v) is 13.8. The van der Waals surface area contributed by atoms with Gasteiger partial charge in [0.25, 0.3) is 0 Å². The lowest BCUT2D eigenvalue weighted by atomic mass is 10.2. The molecule has 24 heavy (non-hydrogen) atoms. The molecule has 2 aromatic rings. The van der Waals surface area contributed by atoms with E-state index < -0.39 is 0 Å². The zero-order valence-electron chi connectivity index (χ0n) is 13.8. The maximum absolute atomic E-state index is 12.4. The number of aryl methyl sites for hydroxylation is 1. The first-order valence-corrected chi connectivity index (χ1v) is 8.55. The van der Waals surface area contributed by atoms with E-state index in [1.807, 2.05) is 33.9 Å². The first-order chi connectivity index (χ1) is 11.8. The molecule has 0 aliphatic heterocycles. The molecule has 1 aliphatic rings. The smallest absolute Gasteiger partial charge is 0.317 e. The summed E-state index contributed by atoms with van der Waals surface area (Å²) in [4.78, 5) is 18.3. The van der Waals surface area contributed by atoms with Crippen LogP contribution >= 0.6 is 0 Å². The summed E-state index contributed by atoms with van der Waals surface area (Å²) in [7, 11) is 0. The minimum atomic E-state index is 0.0424. The lowest BCUT2D eigenvalue weighted by molar-refractivity contribution is 0.200. The monoisotopic (exact) mass is 324 g/mol. The Kier molecular flexibility index (Phi) is 5.66. The average molecular weight is 324 g/mol. The van der Waals surface area contributed by atoms with Crippen LogP contribution in [-0.4, -0.2) is 39.6 Å². The van der Waals surface area contributed by atoms with Crippen LogP contribution in [0.25, 0.3) is 6.08 Å². The van der Waals surface area contributed by atoms with Crippen LogP contribution in [0.15, 0.2) is 55.1 Å². The largest absolute Gasteiger partial charge is 0.338 e. The highest BCUT2D eigenvalue weighted by molar-refractivity contribution is 5.75. The standard InChI is InChI=1S/C19H24N4O/c24-19(21-11-5-13-22-15-12-20-16-22)23(18-9-10-18)14-4-8-17-6-2-1-3-7-17/h1-4,6-8,12,15-16,18H,5,9-11,13-14H2,(H,21,24). The normalized spacial score (nSPS) is 14.0. The van der Waals surface area contributed by atoms with E-state index in [2.05, 4.69) is 34.6 Å². The molecule has 126 valence electrons. The third kappa shape index (κ3) is 4.98. The highest BCUT2D eigenvalue weighted by Gasteiger charge is 2.31. The van der Waals surface area contributed by atoms with Crippen molar-refractivity contribution in [2.24, 2.45) is 0 Å². The Morgan fingerprint density at radius 2 is 2.17 bits per heavy atom. The number of hydrogen-bond acceptors (Lipinski definition) is 2. The second-order valence-electron chi connectivity index (χ2n) is 6.08. The summed E-state index contributed by atoms with van der Waals surface area (Å²) >= 11 is 0. The number of aromatic nitrogens is 2. The lowest BCUT2D eigenvalue weighted by Crippen LogP contribution is -2.42. The van der Waals surface area contributed by atoms with Gasteiger partial charge in [-0.15, -0.1) is 0 Å². The summed E-state index contributed by atoms with van der Waals surface area (Å²) < 4.78 is 2.02. The van der Waals surface area contributed by atoms with Gasteiger partial charge >= 0.3 is 6.03 Å². The molecule has 1 saturated carbocycles. The molecule has 1 heterocycles. The third-order valence-corrected chi connectivity index (χ3v) is 4.09. The van der Waals surface area contributed by atoms with E-state index >= 15 is 0 Å². The molecule has 5 heteroatoms. The number of carbonyl (C=O) groups is 1. The van der Waals surface area contributed by atoms with E-state index in [4.69, 9.17) is 0 Å². The van der Waals surface area contributed by atoms with Crippen molar-refractivity contribution < 1.29 is 4.79 Å². The number of nitrogens with zero attached hydrogens (tertiary/aromatic N) is 3. The predicted octanol–water partition coefficient (Wildman–Crippen LogP) is 3.16. The molecule has 3 rings (SSSR count). The molecule has 0 radical (unpaired) electrons. The van der Waals surface area contributed by atoms with Crippen molar-refractivity contribution in [3.63, 3.8) is 0 Å². The van der Waals surface area contributed by atoms with Gasteiger partial charge in [-0.05, 0) is 24.8 Å². The molecule has 1 aromatic carbocycles. The van der Waals surface area contributed by atoms with Crippen molar-refractivity contribution in [2.45, 2.75) is 31.8 Å². The van der Waals surface area contributed by atoms with Crippen LogP contribution in [0.4, 0.5) is 4.79 Å². The number of rotatable bonds is 8. The van der Waals surface area contributed by atoms with E-state index in [0.29, 0.717) is 19.1 Å². The third-order valence-electron chi connectivity index (χ3n) is 4.09. The van der Waals surface area contributed by atoms with Crippen molar-refractivity contribution >= 4 is 12.1 Å². The zero-order chi connectivity index (χ0) is 16.6. The molecule has 0 bridgehead atoms. The highest BCUT2D eigenvalue weighted by atomic mass is 16.2. The summed E-state index contributed by atoms with van der Waals surface area (Å²) in [6, 6.07) is 10.6. The molecule has 0 unspecified atom stereocenters. The van der Waals surface area contributed by atoms with Crippen LogP contribution in [-0.2, 0) is 6.54 Å². The van der Waals surface area contributed by atoms with Crippen molar-refractivity contribution in [3.05, 3.63) is 60.7 Å². The fraction of sp³-hybridized carbons (Fsp3) is 0.368. The number of carbonyl (C=O) groups excluding carboxylic acids is 1. The van der Waals surface area contributed by atoms with Gasteiger partial charge in [-0.3, -0.25) is 0 Å². The Labute approximate surface area is 143 Å². The number of urea groups is 1. The molecule has 0 atom stereocenters. The van der Waals surface area contributed by atoms with Gasteiger partial charge < -0.3 is 14.8 Å². The van der Waals surface area contributed by atoms with Gasteiger partial charge in [0.15, 0.2) is 0 Å². The van der Waals surface area contributed by atoms with Gasteiger partial charge in [0.2, 0.25) is 0 Å². The minimum Gasteiger partial charge on any atom is -0.338 e. The Hall–Kier alpha value is -2.56. The quantitative estimate of drug-likeness (QED) is 0.758. The molecule has 1 fully saturated rings. The van der Waals surface area contributed by atoms with Gasteiger partial charge in [0.1, 0.15) is 0 Å². The topological polar surface area (TPSA) is 50.2 Å². The van der Waals surface area contributed by atoms with Crippen molar-refractivity contribution in [1.29, 1.82) is 0 Å². The molecular weight excluding hydrogens is 300 g/mol. The molecular formula is C19H24N4O. The summed E-state index contributed by atoms with van der Waals surface area (Å²) in [5, 5.41) is 3.03. The first kappa shape index (κ1) is 16.3. The van der Waals surface area contributed by atoms with Crippen LogP contribution < -0.4 is 5.32 Å². The van der Waals surface area contributed by atoms with Crippen LogP contribution in [0.5, 0.6) is 0 Å². The fourth-order valence-electron chi connectivity index (χ4n) is 2.63. The van der Waals surface area contributed by atoms with Crippen LogP contribution in [0.3, 0.4) is 0 Å². The van der Waals surface area contributed by atoms with Crippen LogP contribution in [0.1, 0.15) is 24.8 Å². The van der Waals surface area contributed by atoms with Gasteiger partial charge in [-0.25, -0.2) is 9.78 Å². The minimum absolute atomic E-state index is 0.0424. The maximum Gasteiger partial charge on any atom is 0.317 e. The Morgan fingerprint density at radius 3 is 2.88 bits per heavy atom. The Bertz CT molecular complexity index is 647. The fourth-order valence-corrected chi connectivity index (χ4v) is 2.63. The second kappa shape index (κ2) is 8.34. The molecule has 0 saturated heterocycles. The van der Waals surface area contributed by atoms with Crippen molar-refractivity contribution in [1.82, 2.24) is 19.8 Å². The molecule has 0 spiro atoms. The van der Waals surface area contributed by atoms with Gasteiger partial charge in [0, 0.05) is 38.1 Å². The molecule has 5 nitrogen and oxygen atoms in total. The van der Waals surface area contributed by atoms with Crippen molar-refractivity contribution in [3.8, 4) is 0 Å². The van der Waals surface area contributed by atoms with Crippen LogP contribution in [0.2, 0.25) is 0 Å².